The molecule has 0 radical (unpaired) electrons. The molecule has 8 heteroatoms. The van der Waals surface area contributed by atoms with Crippen molar-refractivity contribution >= 4 is 69.5 Å². The minimum Gasteiger partial charge on any atom is -0.323 e. The zero-order valence-electron chi connectivity index (χ0n) is 17.1. The molecule has 0 spiro atoms. The molecular formula is C25H18Cl2N2O2S2. The number of anilines is 2. The van der Waals surface area contributed by atoms with Gasteiger partial charge in [0.1, 0.15) is 5.25 Å². The van der Waals surface area contributed by atoms with Gasteiger partial charge in [-0.3, -0.25) is 9.59 Å². The number of amides is 2. The van der Waals surface area contributed by atoms with E-state index in [9.17, 15) is 9.59 Å². The van der Waals surface area contributed by atoms with Gasteiger partial charge in [-0.1, -0.05) is 59.6 Å². The summed E-state index contributed by atoms with van der Waals surface area (Å²) < 4.78 is 0. The van der Waals surface area contributed by atoms with Crippen LogP contribution in [-0.2, 0) is 4.79 Å². The van der Waals surface area contributed by atoms with Crippen LogP contribution in [-0.4, -0.2) is 11.8 Å². The molecule has 0 aliphatic heterocycles. The average Bonchev–Trinajstić information content (AvgIpc) is 3.36. The average molecular weight is 513 g/mol. The molecule has 1 heterocycles. The fraction of sp³-hybridized carbons (Fsp3) is 0.0400. The van der Waals surface area contributed by atoms with E-state index in [4.69, 9.17) is 23.2 Å². The third-order valence-corrected chi connectivity index (χ3v) is 7.32. The standard InChI is InChI=1S/C25H18Cl2N2O2S2/c26-17-8-13-21(20(27)15-17)29-25(31)23(16-5-2-1-3-6-16)33-19-11-9-18(10-12-19)28-24(30)22-7-4-14-32-22/h1-15,23H,(H,28,30)(H,29,31). The highest BCUT2D eigenvalue weighted by molar-refractivity contribution is 8.00. The van der Waals surface area contributed by atoms with E-state index < -0.39 is 5.25 Å². The Morgan fingerprint density at radius 3 is 2.27 bits per heavy atom. The van der Waals surface area contributed by atoms with Crippen LogP contribution in [0.3, 0.4) is 0 Å². The maximum Gasteiger partial charge on any atom is 0.265 e. The second kappa shape index (κ2) is 10.9. The number of hydrogen-bond donors (Lipinski definition) is 2. The Labute approximate surface area is 209 Å². The van der Waals surface area contributed by atoms with Crippen LogP contribution in [0, 0.1) is 0 Å². The number of hydrogen-bond acceptors (Lipinski definition) is 4. The maximum absolute atomic E-state index is 13.2. The third kappa shape index (κ3) is 6.18. The van der Waals surface area contributed by atoms with Crippen molar-refractivity contribution in [1.82, 2.24) is 0 Å². The number of nitrogens with one attached hydrogen (secondary N) is 2. The Morgan fingerprint density at radius 1 is 0.848 bits per heavy atom. The molecule has 1 unspecified atom stereocenters. The van der Waals surface area contributed by atoms with Crippen molar-refractivity contribution < 1.29 is 9.59 Å². The largest absolute Gasteiger partial charge is 0.323 e. The number of benzene rings is 3. The lowest BCUT2D eigenvalue weighted by molar-refractivity contribution is -0.115. The van der Waals surface area contributed by atoms with Crippen LogP contribution < -0.4 is 10.6 Å². The minimum atomic E-state index is -0.510. The molecule has 0 aliphatic rings. The highest BCUT2D eigenvalue weighted by Gasteiger charge is 2.23. The summed E-state index contributed by atoms with van der Waals surface area (Å²) >= 11 is 15.0. The number of carbonyl (C=O) groups excluding carboxylic acids is 2. The quantitative estimate of drug-likeness (QED) is 0.248. The SMILES string of the molecule is O=C(Nc1ccc(SC(C(=O)Nc2ccc(Cl)cc2Cl)c2ccccc2)cc1)c1cccs1. The van der Waals surface area contributed by atoms with Crippen LogP contribution in [0.25, 0.3) is 0 Å². The lowest BCUT2D eigenvalue weighted by Gasteiger charge is -2.18. The molecule has 2 N–H and O–H groups in total. The first-order chi connectivity index (χ1) is 16.0. The number of rotatable bonds is 7. The van der Waals surface area contributed by atoms with Crippen LogP contribution in [0.15, 0.2) is 95.2 Å². The zero-order valence-corrected chi connectivity index (χ0v) is 20.3. The molecule has 0 bridgehead atoms. The molecule has 1 aromatic heterocycles. The van der Waals surface area contributed by atoms with E-state index in [0.717, 1.165) is 10.5 Å². The van der Waals surface area contributed by atoms with Gasteiger partial charge in [0.05, 0.1) is 15.6 Å². The van der Waals surface area contributed by atoms with E-state index in [1.165, 1.54) is 23.1 Å². The first-order valence-corrected chi connectivity index (χ1v) is 12.4. The molecule has 0 saturated carbocycles. The lowest BCUT2D eigenvalue weighted by atomic mass is 10.1. The van der Waals surface area contributed by atoms with Crippen LogP contribution in [0.2, 0.25) is 10.0 Å². The van der Waals surface area contributed by atoms with Gasteiger partial charge < -0.3 is 10.6 Å². The molecule has 1 atom stereocenters. The summed E-state index contributed by atoms with van der Waals surface area (Å²) in [6.07, 6.45) is 0. The summed E-state index contributed by atoms with van der Waals surface area (Å²) in [7, 11) is 0. The van der Waals surface area contributed by atoms with E-state index in [0.29, 0.717) is 26.3 Å². The van der Waals surface area contributed by atoms with Gasteiger partial charge in [-0.05, 0) is 59.5 Å². The van der Waals surface area contributed by atoms with Gasteiger partial charge in [0.15, 0.2) is 0 Å². The van der Waals surface area contributed by atoms with Gasteiger partial charge in [0.2, 0.25) is 5.91 Å². The highest BCUT2D eigenvalue weighted by atomic mass is 35.5. The van der Waals surface area contributed by atoms with Crippen molar-refractivity contribution in [3.63, 3.8) is 0 Å². The molecule has 0 saturated heterocycles. The van der Waals surface area contributed by atoms with Crippen molar-refractivity contribution in [1.29, 1.82) is 0 Å². The summed E-state index contributed by atoms with van der Waals surface area (Å²) in [5, 5.41) is 8.01. The molecule has 0 aliphatic carbocycles. The van der Waals surface area contributed by atoms with Gasteiger partial charge in [-0.2, -0.15) is 0 Å². The Kier molecular flexibility index (Phi) is 7.73. The lowest BCUT2D eigenvalue weighted by Crippen LogP contribution is -2.19. The first kappa shape index (κ1) is 23.4. The van der Waals surface area contributed by atoms with E-state index in [1.807, 2.05) is 66.0 Å². The van der Waals surface area contributed by atoms with Gasteiger partial charge in [0, 0.05) is 15.6 Å². The highest BCUT2D eigenvalue weighted by Crippen LogP contribution is 2.37. The fourth-order valence-corrected chi connectivity index (χ4v) is 5.14. The summed E-state index contributed by atoms with van der Waals surface area (Å²) in [4.78, 5) is 27.0. The molecule has 0 fully saturated rings. The smallest absolute Gasteiger partial charge is 0.265 e. The van der Waals surface area contributed by atoms with Gasteiger partial charge in [-0.15, -0.1) is 23.1 Å². The third-order valence-electron chi connectivity index (χ3n) is 4.64. The summed E-state index contributed by atoms with van der Waals surface area (Å²) in [5.74, 6) is -0.350. The topological polar surface area (TPSA) is 58.2 Å². The van der Waals surface area contributed by atoms with E-state index in [2.05, 4.69) is 10.6 Å². The molecule has 33 heavy (non-hydrogen) atoms. The Bertz CT molecular complexity index is 1250. The summed E-state index contributed by atoms with van der Waals surface area (Å²) in [6, 6.07) is 25.5. The normalized spacial score (nSPS) is 11.6. The maximum atomic E-state index is 13.2. The monoisotopic (exact) mass is 512 g/mol. The number of carbonyl (C=O) groups is 2. The molecule has 4 rings (SSSR count). The first-order valence-electron chi connectivity index (χ1n) is 9.92. The molecule has 2 amide bonds. The van der Waals surface area contributed by atoms with Crippen molar-refractivity contribution in [2.45, 2.75) is 10.1 Å². The minimum absolute atomic E-state index is 0.146. The van der Waals surface area contributed by atoms with Crippen LogP contribution in [0.1, 0.15) is 20.5 Å². The Balaban J connectivity index is 1.51. The van der Waals surface area contributed by atoms with Crippen LogP contribution in [0.5, 0.6) is 0 Å². The van der Waals surface area contributed by atoms with E-state index >= 15 is 0 Å². The Morgan fingerprint density at radius 2 is 1.61 bits per heavy atom. The van der Waals surface area contributed by atoms with E-state index in [-0.39, 0.29) is 11.8 Å². The zero-order chi connectivity index (χ0) is 23.2. The van der Waals surface area contributed by atoms with Gasteiger partial charge in [0.25, 0.3) is 5.91 Å². The van der Waals surface area contributed by atoms with Crippen molar-refractivity contribution in [3.05, 3.63) is 111 Å². The van der Waals surface area contributed by atoms with Crippen molar-refractivity contribution in [2.75, 3.05) is 10.6 Å². The van der Waals surface area contributed by atoms with Crippen molar-refractivity contribution in [3.8, 4) is 0 Å². The summed E-state index contributed by atoms with van der Waals surface area (Å²) in [6.45, 7) is 0. The number of thiophene rings is 1. The van der Waals surface area contributed by atoms with Crippen LogP contribution >= 0.6 is 46.3 Å². The molecule has 4 nitrogen and oxygen atoms in total. The van der Waals surface area contributed by atoms with Gasteiger partial charge in [-0.25, -0.2) is 0 Å². The van der Waals surface area contributed by atoms with Crippen LogP contribution in [0.4, 0.5) is 11.4 Å². The second-order valence-electron chi connectivity index (χ2n) is 6.98. The van der Waals surface area contributed by atoms with E-state index in [1.54, 1.807) is 24.3 Å². The van der Waals surface area contributed by atoms with Crippen molar-refractivity contribution in [2.24, 2.45) is 0 Å². The van der Waals surface area contributed by atoms with Gasteiger partial charge >= 0.3 is 0 Å². The predicted molar refractivity (Wildman–Crippen MR) is 139 cm³/mol. The molecule has 3 aromatic carbocycles. The molecular weight excluding hydrogens is 495 g/mol. The second-order valence-corrected chi connectivity index (χ2v) is 9.95. The molecule has 166 valence electrons. The summed E-state index contributed by atoms with van der Waals surface area (Å²) in [5.41, 5.74) is 2.05. The number of halogens is 2. The predicted octanol–water partition coefficient (Wildman–Crippen LogP) is 7.78. The fourth-order valence-electron chi connectivity index (χ4n) is 3.04. The Hall–Kier alpha value is -2.77. The molecule has 4 aromatic rings. The number of thioether (sulfide) groups is 1.